The minimum Gasteiger partial charge on any atom is -0.356 e. The van der Waals surface area contributed by atoms with Crippen molar-refractivity contribution in [1.82, 2.24) is 15.6 Å². The van der Waals surface area contributed by atoms with Gasteiger partial charge in [-0.1, -0.05) is 32.9 Å². The lowest BCUT2D eigenvalue weighted by Crippen LogP contribution is -2.37. The molecule has 1 heterocycles. The molecule has 0 aliphatic carbocycles. The van der Waals surface area contributed by atoms with E-state index in [1.807, 2.05) is 6.07 Å². The van der Waals surface area contributed by atoms with Crippen LogP contribution < -0.4 is 10.6 Å². The standard InChI is InChI=1S/C18H25FN4S.HI/c1-18(2,3)15-12-24-16(23-15)11-22-17(20-4)21-9-8-13-6-5-7-14(19)10-13;/h5-7,10,12H,8-9,11H2,1-4H3,(H2,20,21,22);1H. The number of hydrogen-bond donors (Lipinski definition) is 2. The van der Waals surface area contributed by atoms with Crippen LogP contribution in [0.25, 0.3) is 0 Å². The third-order valence-corrected chi connectivity index (χ3v) is 4.39. The lowest BCUT2D eigenvalue weighted by molar-refractivity contribution is 0.570. The Bertz CT molecular complexity index is 694. The monoisotopic (exact) mass is 476 g/mol. The van der Waals surface area contributed by atoms with Crippen LogP contribution in [0, 0.1) is 5.82 Å². The number of benzene rings is 1. The first kappa shape index (κ1) is 21.8. The number of thiazole rings is 1. The minimum atomic E-state index is -0.201. The Hall–Kier alpha value is -1.22. The van der Waals surface area contributed by atoms with Gasteiger partial charge in [0.15, 0.2) is 5.96 Å². The smallest absolute Gasteiger partial charge is 0.191 e. The predicted octanol–water partition coefficient (Wildman–Crippen LogP) is 4.11. The average Bonchev–Trinajstić information content (AvgIpc) is 3.00. The molecule has 0 aliphatic heterocycles. The van der Waals surface area contributed by atoms with Gasteiger partial charge in [0.2, 0.25) is 0 Å². The minimum absolute atomic E-state index is 0. The van der Waals surface area contributed by atoms with Gasteiger partial charge in [-0.3, -0.25) is 4.99 Å². The van der Waals surface area contributed by atoms with Gasteiger partial charge in [-0.15, -0.1) is 35.3 Å². The number of nitrogens with zero attached hydrogens (tertiary/aromatic N) is 2. The van der Waals surface area contributed by atoms with Gasteiger partial charge in [-0.05, 0) is 24.1 Å². The van der Waals surface area contributed by atoms with Crippen LogP contribution in [0.5, 0.6) is 0 Å². The van der Waals surface area contributed by atoms with E-state index in [0.717, 1.165) is 28.6 Å². The van der Waals surface area contributed by atoms with Crippen LogP contribution in [0.1, 0.15) is 37.0 Å². The molecule has 2 aromatic rings. The van der Waals surface area contributed by atoms with Crippen LogP contribution >= 0.6 is 35.3 Å². The van der Waals surface area contributed by atoms with Crippen molar-refractivity contribution in [1.29, 1.82) is 0 Å². The maximum absolute atomic E-state index is 13.2. The molecule has 0 fully saturated rings. The van der Waals surface area contributed by atoms with E-state index < -0.39 is 0 Å². The summed E-state index contributed by atoms with van der Waals surface area (Å²) in [4.78, 5) is 8.86. The molecule has 0 aliphatic rings. The van der Waals surface area contributed by atoms with Gasteiger partial charge in [0.25, 0.3) is 0 Å². The molecule has 4 nitrogen and oxygen atoms in total. The fourth-order valence-electron chi connectivity index (χ4n) is 2.13. The first-order chi connectivity index (χ1) is 11.4. The van der Waals surface area contributed by atoms with Crippen LogP contribution in [-0.4, -0.2) is 24.5 Å². The summed E-state index contributed by atoms with van der Waals surface area (Å²) in [5.41, 5.74) is 2.14. The van der Waals surface area contributed by atoms with Gasteiger partial charge < -0.3 is 10.6 Å². The van der Waals surface area contributed by atoms with Gasteiger partial charge in [0.1, 0.15) is 10.8 Å². The molecule has 0 amide bonds. The second-order valence-corrected chi connectivity index (χ2v) is 7.55. The molecule has 0 radical (unpaired) electrons. The van der Waals surface area contributed by atoms with Gasteiger partial charge in [-0.25, -0.2) is 9.37 Å². The van der Waals surface area contributed by atoms with Gasteiger partial charge in [0.05, 0.1) is 12.2 Å². The fourth-order valence-corrected chi connectivity index (χ4v) is 3.09. The van der Waals surface area contributed by atoms with Crippen molar-refractivity contribution in [2.24, 2.45) is 4.99 Å². The van der Waals surface area contributed by atoms with Crippen LogP contribution in [0.3, 0.4) is 0 Å². The molecular weight excluding hydrogens is 450 g/mol. The van der Waals surface area contributed by atoms with E-state index in [-0.39, 0.29) is 35.2 Å². The van der Waals surface area contributed by atoms with Crippen LogP contribution in [0.2, 0.25) is 0 Å². The number of guanidine groups is 1. The average molecular weight is 476 g/mol. The summed E-state index contributed by atoms with van der Waals surface area (Å²) < 4.78 is 13.2. The molecule has 0 saturated carbocycles. The van der Waals surface area contributed by atoms with Crippen molar-refractivity contribution in [3.63, 3.8) is 0 Å². The Morgan fingerprint density at radius 1 is 1.28 bits per heavy atom. The molecule has 138 valence electrons. The molecule has 0 bridgehead atoms. The Morgan fingerprint density at radius 2 is 2.04 bits per heavy atom. The van der Waals surface area contributed by atoms with Gasteiger partial charge in [0, 0.05) is 24.4 Å². The van der Waals surface area contributed by atoms with Crippen molar-refractivity contribution in [3.8, 4) is 0 Å². The van der Waals surface area contributed by atoms with E-state index in [4.69, 9.17) is 0 Å². The first-order valence-corrected chi connectivity index (χ1v) is 8.90. The van der Waals surface area contributed by atoms with E-state index in [0.29, 0.717) is 13.1 Å². The highest BCUT2D eigenvalue weighted by Crippen LogP contribution is 2.23. The van der Waals surface area contributed by atoms with Crippen LogP contribution in [0.15, 0.2) is 34.6 Å². The van der Waals surface area contributed by atoms with Crippen LogP contribution in [0.4, 0.5) is 4.39 Å². The lowest BCUT2D eigenvalue weighted by Gasteiger charge is -2.14. The van der Waals surface area contributed by atoms with Crippen molar-refractivity contribution in [2.75, 3.05) is 13.6 Å². The maximum atomic E-state index is 13.2. The first-order valence-electron chi connectivity index (χ1n) is 8.02. The summed E-state index contributed by atoms with van der Waals surface area (Å²) in [6.45, 7) is 7.80. The third-order valence-electron chi connectivity index (χ3n) is 3.55. The molecule has 2 N–H and O–H groups in total. The maximum Gasteiger partial charge on any atom is 0.191 e. The molecule has 1 aromatic heterocycles. The molecule has 0 atom stereocenters. The number of halogens is 2. The van der Waals surface area contributed by atoms with Crippen LogP contribution in [-0.2, 0) is 18.4 Å². The van der Waals surface area contributed by atoms with Gasteiger partial charge in [-0.2, -0.15) is 0 Å². The molecular formula is C18H26FIN4S. The van der Waals surface area contributed by atoms with Gasteiger partial charge >= 0.3 is 0 Å². The molecule has 0 spiro atoms. The summed E-state index contributed by atoms with van der Waals surface area (Å²) in [5.74, 6) is 0.521. The lowest BCUT2D eigenvalue weighted by atomic mass is 9.93. The van der Waals surface area contributed by atoms with E-state index in [9.17, 15) is 4.39 Å². The molecule has 25 heavy (non-hydrogen) atoms. The Balaban J connectivity index is 0.00000312. The molecule has 1 aromatic carbocycles. The van der Waals surface area contributed by atoms with E-state index >= 15 is 0 Å². The molecule has 7 heteroatoms. The SMILES string of the molecule is CN=C(NCCc1cccc(F)c1)NCc1nc(C(C)(C)C)cs1.I. The topological polar surface area (TPSA) is 49.3 Å². The Labute approximate surface area is 170 Å². The molecule has 0 unspecified atom stereocenters. The largest absolute Gasteiger partial charge is 0.356 e. The number of aromatic nitrogens is 1. The highest BCUT2D eigenvalue weighted by atomic mass is 127. The molecule has 0 saturated heterocycles. The van der Waals surface area contributed by atoms with E-state index in [1.54, 1.807) is 30.5 Å². The zero-order chi connectivity index (χ0) is 17.6. The summed E-state index contributed by atoms with van der Waals surface area (Å²) in [6, 6.07) is 6.66. The Kier molecular flexibility index (Phi) is 8.78. The second-order valence-electron chi connectivity index (χ2n) is 6.61. The zero-order valence-electron chi connectivity index (χ0n) is 15.1. The van der Waals surface area contributed by atoms with Crippen molar-refractivity contribution in [3.05, 3.63) is 51.7 Å². The third kappa shape index (κ3) is 7.27. The highest BCUT2D eigenvalue weighted by Gasteiger charge is 2.17. The predicted molar refractivity (Wildman–Crippen MR) is 115 cm³/mol. The summed E-state index contributed by atoms with van der Waals surface area (Å²) in [6.07, 6.45) is 0.740. The van der Waals surface area contributed by atoms with Crippen molar-refractivity contribution in [2.45, 2.75) is 39.2 Å². The number of hydrogen-bond acceptors (Lipinski definition) is 3. The normalized spacial score (nSPS) is 11.8. The number of aliphatic imine (C=N–C) groups is 1. The summed E-state index contributed by atoms with van der Waals surface area (Å²) >= 11 is 1.65. The second kappa shape index (κ2) is 10.1. The summed E-state index contributed by atoms with van der Waals surface area (Å²) in [5, 5.41) is 9.64. The van der Waals surface area contributed by atoms with Crippen molar-refractivity contribution < 1.29 is 4.39 Å². The quantitative estimate of drug-likeness (QED) is 0.388. The van der Waals surface area contributed by atoms with E-state index in [1.165, 1.54) is 6.07 Å². The van der Waals surface area contributed by atoms with E-state index in [2.05, 4.69) is 46.8 Å². The summed E-state index contributed by atoms with van der Waals surface area (Å²) in [7, 11) is 1.74. The fraction of sp³-hybridized carbons (Fsp3) is 0.444. The Morgan fingerprint density at radius 3 is 2.64 bits per heavy atom. The number of rotatable bonds is 5. The molecule has 2 rings (SSSR count). The highest BCUT2D eigenvalue weighted by molar-refractivity contribution is 14.0. The number of nitrogens with one attached hydrogen (secondary N) is 2. The van der Waals surface area contributed by atoms with Crippen molar-refractivity contribution >= 4 is 41.3 Å². The zero-order valence-corrected chi connectivity index (χ0v) is 18.2.